The average molecular weight is 385 g/mol. The van der Waals surface area contributed by atoms with Gasteiger partial charge < -0.3 is 19.5 Å². The summed E-state index contributed by atoms with van der Waals surface area (Å²) in [6, 6.07) is 12.3. The van der Waals surface area contributed by atoms with E-state index in [1.807, 2.05) is 24.3 Å². The lowest BCUT2D eigenvalue weighted by atomic mass is 9.97. The zero-order chi connectivity index (χ0) is 20.7. The van der Waals surface area contributed by atoms with Crippen LogP contribution in [-0.2, 0) is 9.53 Å². The number of carbonyl (C=O) groups is 2. The van der Waals surface area contributed by atoms with Gasteiger partial charge in [0.2, 0.25) is 0 Å². The van der Waals surface area contributed by atoms with Gasteiger partial charge in [-0.1, -0.05) is 32.0 Å². The van der Waals surface area contributed by atoms with Crippen molar-refractivity contribution < 1.29 is 23.8 Å². The smallest absolute Gasteiger partial charge is 0.339 e. The molecule has 0 bridgehead atoms. The minimum Gasteiger partial charge on any atom is -0.493 e. The predicted octanol–water partition coefficient (Wildman–Crippen LogP) is 4.40. The molecule has 0 radical (unpaired) electrons. The Labute approximate surface area is 165 Å². The highest BCUT2D eigenvalue weighted by Gasteiger charge is 2.21. The lowest BCUT2D eigenvalue weighted by Crippen LogP contribution is -2.30. The molecule has 2 aromatic carbocycles. The highest BCUT2D eigenvalue weighted by molar-refractivity contribution is 5.98. The summed E-state index contributed by atoms with van der Waals surface area (Å²) in [5.41, 5.74) is 2.06. The first kappa shape index (κ1) is 21.3. The van der Waals surface area contributed by atoms with Gasteiger partial charge in [-0.3, -0.25) is 4.79 Å². The third kappa shape index (κ3) is 5.03. The number of para-hydroxylation sites is 1. The van der Waals surface area contributed by atoms with Crippen molar-refractivity contribution in [2.24, 2.45) is 0 Å². The van der Waals surface area contributed by atoms with Gasteiger partial charge in [-0.2, -0.15) is 0 Å². The van der Waals surface area contributed by atoms with E-state index >= 15 is 0 Å². The molecule has 2 aromatic rings. The second-order valence-corrected chi connectivity index (χ2v) is 6.50. The number of hydrogen-bond donors (Lipinski definition) is 1. The highest BCUT2D eigenvalue weighted by Crippen LogP contribution is 2.28. The summed E-state index contributed by atoms with van der Waals surface area (Å²) in [6.07, 6.45) is 0.00192. The number of ether oxygens (including phenoxy) is 3. The topological polar surface area (TPSA) is 73.9 Å². The Balaban J connectivity index is 2.08. The summed E-state index contributed by atoms with van der Waals surface area (Å²) in [6.45, 7) is 5.74. The Morgan fingerprint density at radius 2 is 1.68 bits per heavy atom. The van der Waals surface area contributed by atoms with Gasteiger partial charge in [-0.25, -0.2) is 4.79 Å². The molecule has 0 unspecified atom stereocenters. The van der Waals surface area contributed by atoms with Crippen molar-refractivity contribution in [3.05, 3.63) is 53.6 Å². The quantitative estimate of drug-likeness (QED) is 0.682. The Bertz CT molecular complexity index is 833. The molecule has 0 aromatic heterocycles. The van der Waals surface area contributed by atoms with Gasteiger partial charge in [0.25, 0.3) is 5.91 Å². The van der Waals surface area contributed by atoms with Crippen molar-refractivity contribution in [2.75, 3.05) is 19.5 Å². The lowest BCUT2D eigenvalue weighted by Gasteiger charge is -2.18. The van der Waals surface area contributed by atoms with Crippen LogP contribution >= 0.6 is 0 Å². The first-order valence-electron chi connectivity index (χ1n) is 9.24. The van der Waals surface area contributed by atoms with Gasteiger partial charge in [-0.15, -0.1) is 0 Å². The summed E-state index contributed by atoms with van der Waals surface area (Å²) in [5, 5.41) is 2.86. The Morgan fingerprint density at radius 1 is 1.00 bits per heavy atom. The largest absolute Gasteiger partial charge is 0.493 e. The molecule has 1 N–H and O–H groups in total. The zero-order valence-corrected chi connectivity index (χ0v) is 16.9. The van der Waals surface area contributed by atoms with Crippen LogP contribution in [0.5, 0.6) is 11.5 Å². The minimum atomic E-state index is -0.953. The first-order valence-corrected chi connectivity index (χ1v) is 9.24. The number of amides is 1. The van der Waals surface area contributed by atoms with E-state index in [1.165, 1.54) is 20.3 Å². The van der Waals surface area contributed by atoms with Crippen LogP contribution in [0.15, 0.2) is 42.5 Å². The number of nitrogens with one attached hydrogen (secondary N) is 1. The maximum absolute atomic E-state index is 12.5. The van der Waals surface area contributed by atoms with Crippen LogP contribution < -0.4 is 14.8 Å². The van der Waals surface area contributed by atoms with Gasteiger partial charge in [-0.05, 0) is 49.1 Å². The van der Waals surface area contributed by atoms with Crippen LogP contribution in [0.4, 0.5) is 5.69 Å². The van der Waals surface area contributed by atoms with Gasteiger partial charge >= 0.3 is 5.97 Å². The molecule has 6 nitrogen and oxygen atoms in total. The van der Waals surface area contributed by atoms with Crippen molar-refractivity contribution in [3.63, 3.8) is 0 Å². The molecule has 28 heavy (non-hydrogen) atoms. The van der Waals surface area contributed by atoms with E-state index in [-0.39, 0.29) is 11.5 Å². The maximum Gasteiger partial charge on any atom is 0.339 e. The molecule has 0 fully saturated rings. The number of carbonyl (C=O) groups excluding carboxylic acids is 2. The van der Waals surface area contributed by atoms with Crippen LogP contribution in [0.1, 0.15) is 49.0 Å². The Hall–Kier alpha value is -3.02. The van der Waals surface area contributed by atoms with Crippen molar-refractivity contribution in [2.45, 2.75) is 39.2 Å². The second-order valence-electron chi connectivity index (χ2n) is 6.50. The summed E-state index contributed by atoms with van der Waals surface area (Å²) in [4.78, 5) is 24.9. The number of rotatable bonds is 8. The lowest BCUT2D eigenvalue weighted by molar-refractivity contribution is -0.123. The van der Waals surface area contributed by atoms with Crippen LogP contribution in [0.25, 0.3) is 0 Å². The van der Waals surface area contributed by atoms with Crippen LogP contribution in [-0.4, -0.2) is 32.2 Å². The second kappa shape index (κ2) is 9.78. The van der Waals surface area contributed by atoms with Crippen molar-refractivity contribution in [3.8, 4) is 11.5 Å². The third-order valence-corrected chi connectivity index (χ3v) is 4.63. The van der Waals surface area contributed by atoms with Crippen LogP contribution in [0.2, 0.25) is 0 Å². The minimum absolute atomic E-state index is 0.275. The highest BCUT2D eigenvalue weighted by atomic mass is 16.5. The van der Waals surface area contributed by atoms with Gasteiger partial charge in [0.05, 0.1) is 19.8 Å². The number of benzene rings is 2. The summed E-state index contributed by atoms with van der Waals surface area (Å²) in [5.74, 6) is 0.229. The van der Waals surface area contributed by atoms with Crippen LogP contribution in [0, 0.1) is 0 Å². The standard InChI is InChI=1S/C22H27NO5/c1-6-14(2)17-9-7-8-10-18(17)23-21(24)15(3)28-22(25)16-11-12-19(26-4)20(13-16)27-5/h7-15H,6H2,1-5H3,(H,23,24)/t14-,15-/m1/s1. The van der Waals surface area contributed by atoms with E-state index in [9.17, 15) is 9.59 Å². The molecule has 0 saturated heterocycles. The van der Waals surface area contributed by atoms with Crippen molar-refractivity contribution in [1.29, 1.82) is 0 Å². The van der Waals surface area contributed by atoms with Gasteiger partial charge in [0.15, 0.2) is 17.6 Å². The zero-order valence-electron chi connectivity index (χ0n) is 16.9. The molecule has 2 rings (SSSR count). The average Bonchev–Trinajstić information content (AvgIpc) is 2.72. The van der Waals surface area contributed by atoms with Gasteiger partial charge in [0.1, 0.15) is 0 Å². The summed E-state index contributed by atoms with van der Waals surface area (Å²) < 4.78 is 15.7. The maximum atomic E-state index is 12.5. The van der Waals surface area contributed by atoms with Crippen LogP contribution in [0.3, 0.4) is 0 Å². The van der Waals surface area contributed by atoms with Crippen molar-refractivity contribution >= 4 is 17.6 Å². The Kier molecular flexibility index (Phi) is 7.44. The molecule has 0 aliphatic rings. The molecule has 0 spiro atoms. The normalized spacial score (nSPS) is 12.6. The van der Waals surface area contributed by atoms with Crippen molar-refractivity contribution in [1.82, 2.24) is 0 Å². The fraction of sp³-hybridized carbons (Fsp3) is 0.364. The Morgan fingerprint density at radius 3 is 2.32 bits per heavy atom. The fourth-order valence-electron chi connectivity index (χ4n) is 2.74. The van der Waals surface area contributed by atoms with Gasteiger partial charge in [0, 0.05) is 5.69 Å². The fourth-order valence-corrected chi connectivity index (χ4v) is 2.74. The molecule has 0 heterocycles. The van der Waals surface area contributed by atoms with E-state index in [4.69, 9.17) is 14.2 Å². The predicted molar refractivity (Wildman–Crippen MR) is 108 cm³/mol. The SMILES string of the molecule is CC[C@@H](C)c1ccccc1NC(=O)[C@@H](C)OC(=O)c1ccc(OC)c(OC)c1. The van der Waals surface area contributed by atoms with E-state index < -0.39 is 12.1 Å². The first-order chi connectivity index (χ1) is 13.4. The van der Waals surface area contributed by atoms with E-state index in [1.54, 1.807) is 19.1 Å². The molecular formula is C22H27NO5. The molecule has 0 aliphatic heterocycles. The van der Waals surface area contributed by atoms with E-state index in [0.717, 1.165) is 17.7 Å². The molecular weight excluding hydrogens is 358 g/mol. The van der Waals surface area contributed by atoms with E-state index in [2.05, 4.69) is 19.2 Å². The number of methoxy groups -OCH3 is 2. The molecule has 6 heteroatoms. The molecule has 0 saturated carbocycles. The monoisotopic (exact) mass is 385 g/mol. The molecule has 1 amide bonds. The molecule has 2 atom stereocenters. The van der Waals surface area contributed by atoms with E-state index in [0.29, 0.717) is 17.4 Å². The number of hydrogen-bond acceptors (Lipinski definition) is 5. The molecule has 150 valence electrons. The number of anilines is 1. The number of esters is 1. The summed E-state index contributed by atoms with van der Waals surface area (Å²) >= 11 is 0. The summed E-state index contributed by atoms with van der Waals surface area (Å²) in [7, 11) is 3.00. The molecule has 0 aliphatic carbocycles. The third-order valence-electron chi connectivity index (χ3n) is 4.63.